The van der Waals surface area contributed by atoms with Gasteiger partial charge in [-0.1, -0.05) is 30.3 Å². The van der Waals surface area contributed by atoms with Crippen LogP contribution >= 0.6 is 0 Å². The van der Waals surface area contributed by atoms with Gasteiger partial charge < -0.3 is 9.84 Å². The molecular formula is C17H19N3O4. The van der Waals surface area contributed by atoms with Gasteiger partial charge in [0.25, 0.3) is 5.91 Å². The average molecular weight is 329 g/mol. The molecule has 0 bridgehead atoms. The van der Waals surface area contributed by atoms with E-state index in [9.17, 15) is 14.7 Å². The number of nitrogens with zero attached hydrogens (tertiary/aromatic N) is 3. The van der Waals surface area contributed by atoms with Crippen molar-refractivity contribution in [3.63, 3.8) is 0 Å². The van der Waals surface area contributed by atoms with Crippen LogP contribution < -0.4 is 4.90 Å². The molecule has 1 aromatic carbocycles. The lowest BCUT2D eigenvalue weighted by Gasteiger charge is -2.20. The van der Waals surface area contributed by atoms with Crippen molar-refractivity contribution in [3.05, 3.63) is 48.2 Å². The lowest BCUT2D eigenvalue weighted by molar-refractivity contribution is -0.144. The standard InChI is InChI=1S/C17H19N3O4/c1-2-24-17(23)13-10-14(21)16(22)20(13)15-8-9-19(18-15)11-12-6-4-3-5-7-12/h3-9,13-14,21H,2,10-11H2,1H3/t13-,14+/m0/s1. The lowest BCUT2D eigenvalue weighted by Crippen LogP contribution is -2.40. The van der Waals surface area contributed by atoms with Crippen molar-refractivity contribution in [1.82, 2.24) is 9.78 Å². The van der Waals surface area contributed by atoms with Gasteiger partial charge in [-0.05, 0) is 12.5 Å². The molecular weight excluding hydrogens is 310 g/mol. The van der Waals surface area contributed by atoms with Gasteiger partial charge in [-0.3, -0.25) is 14.4 Å². The monoisotopic (exact) mass is 329 g/mol. The molecule has 2 atom stereocenters. The zero-order chi connectivity index (χ0) is 17.1. The Labute approximate surface area is 139 Å². The zero-order valence-corrected chi connectivity index (χ0v) is 13.3. The quantitative estimate of drug-likeness (QED) is 0.826. The highest BCUT2D eigenvalue weighted by Gasteiger charge is 2.45. The maximum atomic E-state index is 12.2. The van der Waals surface area contributed by atoms with Crippen LogP contribution in [-0.2, 0) is 20.9 Å². The van der Waals surface area contributed by atoms with Gasteiger partial charge in [0.05, 0.1) is 13.2 Å². The number of amides is 1. The fraction of sp³-hybridized carbons (Fsp3) is 0.353. The summed E-state index contributed by atoms with van der Waals surface area (Å²) >= 11 is 0. The summed E-state index contributed by atoms with van der Waals surface area (Å²) in [4.78, 5) is 25.5. The van der Waals surface area contributed by atoms with E-state index in [1.807, 2.05) is 30.3 Å². The predicted octanol–water partition coefficient (Wildman–Crippen LogP) is 0.961. The molecule has 2 aromatic rings. The van der Waals surface area contributed by atoms with Crippen molar-refractivity contribution in [2.45, 2.75) is 32.0 Å². The molecule has 1 amide bonds. The second kappa shape index (κ2) is 6.84. The second-order valence-corrected chi connectivity index (χ2v) is 5.58. The molecule has 7 heteroatoms. The number of aliphatic hydroxyl groups is 1. The van der Waals surface area contributed by atoms with Crippen LogP contribution in [0.1, 0.15) is 18.9 Å². The number of aliphatic hydroxyl groups excluding tert-OH is 1. The van der Waals surface area contributed by atoms with Gasteiger partial charge in [0.1, 0.15) is 12.1 Å². The van der Waals surface area contributed by atoms with Crippen LogP contribution in [0.25, 0.3) is 0 Å². The summed E-state index contributed by atoms with van der Waals surface area (Å²) in [7, 11) is 0. The Hall–Kier alpha value is -2.67. The van der Waals surface area contributed by atoms with E-state index in [4.69, 9.17) is 4.74 Å². The lowest BCUT2D eigenvalue weighted by atomic mass is 10.2. The summed E-state index contributed by atoms with van der Waals surface area (Å²) in [6.45, 7) is 2.47. The number of hydrogen-bond donors (Lipinski definition) is 1. The third kappa shape index (κ3) is 3.16. The van der Waals surface area contributed by atoms with Crippen molar-refractivity contribution in [2.24, 2.45) is 0 Å². The van der Waals surface area contributed by atoms with E-state index in [1.165, 1.54) is 4.90 Å². The summed E-state index contributed by atoms with van der Waals surface area (Å²) in [6.07, 6.45) is 0.546. The summed E-state index contributed by atoms with van der Waals surface area (Å²) in [5, 5.41) is 14.2. The molecule has 0 spiro atoms. The molecule has 1 N–H and O–H groups in total. The average Bonchev–Trinajstić information content (AvgIpc) is 3.14. The molecule has 1 fully saturated rings. The molecule has 1 aliphatic rings. The topological polar surface area (TPSA) is 84.7 Å². The zero-order valence-electron chi connectivity index (χ0n) is 13.3. The molecule has 24 heavy (non-hydrogen) atoms. The molecule has 0 radical (unpaired) electrons. The number of rotatable bonds is 5. The van der Waals surface area contributed by atoms with Gasteiger partial charge in [-0.2, -0.15) is 5.10 Å². The van der Waals surface area contributed by atoms with Crippen molar-refractivity contribution in [2.75, 3.05) is 11.5 Å². The van der Waals surface area contributed by atoms with Crippen LogP contribution in [-0.4, -0.2) is 45.5 Å². The Morgan fingerprint density at radius 3 is 2.79 bits per heavy atom. The van der Waals surface area contributed by atoms with Crippen LogP contribution in [0.15, 0.2) is 42.6 Å². The fourth-order valence-corrected chi connectivity index (χ4v) is 2.78. The van der Waals surface area contributed by atoms with Crippen molar-refractivity contribution < 1.29 is 19.4 Å². The van der Waals surface area contributed by atoms with Gasteiger partial charge >= 0.3 is 5.97 Å². The molecule has 0 saturated carbocycles. The van der Waals surface area contributed by atoms with Crippen LogP contribution in [0.5, 0.6) is 0 Å². The minimum atomic E-state index is -1.21. The van der Waals surface area contributed by atoms with Gasteiger partial charge in [0.15, 0.2) is 5.82 Å². The maximum absolute atomic E-state index is 12.2. The third-order valence-electron chi connectivity index (χ3n) is 3.90. The van der Waals surface area contributed by atoms with E-state index in [0.717, 1.165) is 5.56 Å². The third-order valence-corrected chi connectivity index (χ3v) is 3.90. The van der Waals surface area contributed by atoms with E-state index in [2.05, 4.69) is 5.10 Å². The number of ether oxygens (including phenoxy) is 1. The van der Waals surface area contributed by atoms with E-state index in [-0.39, 0.29) is 13.0 Å². The summed E-state index contributed by atoms with van der Waals surface area (Å²) in [5.41, 5.74) is 1.07. The molecule has 2 heterocycles. The number of benzene rings is 1. The maximum Gasteiger partial charge on any atom is 0.329 e. The van der Waals surface area contributed by atoms with E-state index >= 15 is 0 Å². The first-order valence-corrected chi connectivity index (χ1v) is 7.85. The highest BCUT2D eigenvalue weighted by Crippen LogP contribution is 2.26. The van der Waals surface area contributed by atoms with Gasteiger partial charge in [0.2, 0.25) is 0 Å². The summed E-state index contributed by atoms with van der Waals surface area (Å²) < 4.78 is 6.68. The van der Waals surface area contributed by atoms with Crippen LogP contribution in [0.4, 0.5) is 5.82 Å². The van der Waals surface area contributed by atoms with Crippen LogP contribution in [0.3, 0.4) is 0 Å². The minimum absolute atomic E-state index is 0.0171. The Kier molecular flexibility index (Phi) is 4.61. The first-order valence-electron chi connectivity index (χ1n) is 7.85. The summed E-state index contributed by atoms with van der Waals surface area (Å²) in [6, 6.07) is 10.6. The molecule has 1 aromatic heterocycles. The molecule has 0 unspecified atom stereocenters. The second-order valence-electron chi connectivity index (χ2n) is 5.58. The Morgan fingerprint density at radius 1 is 1.33 bits per heavy atom. The van der Waals surface area contributed by atoms with Gasteiger partial charge in [-0.15, -0.1) is 0 Å². The first kappa shape index (κ1) is 16.2. The number of hydrogen-bond acceptors (Lipinski definition) is 5. The van der Waals surface area contributed by atoms with Crippen molar-refractivity contribution in [1.29, 1.82) is 0 Å². The SMILES string of the molecule is CCOC(=O)[C@@H]1C[C@@H](O)C(=O)N1c1ccn(Cc2ccccc2)n1. The number of carbonyl (C=O) groups is 2. The summed E-state index contributed by atoms with van der Waals surface area (Å²) in [5.74, 6) is -0.719. The molecule has 1 aliphatic heterocycles. The van der Waals surface area contributed by atoms with Gasteiger partial charge in [-0.25, -0.2) is 4.79 Å². The largest absolute Gasteiger partial charge is 0.464 e. The van der Waals surface area contributed by atoms with Crippen LogP contribution in [0, 0.1) is 0 Å². The van der Waals surface area contributed by atoms with Crippen molar-refractivity contribution in [3.8, 4) is 0 Å². The smallest absolute Gasteiger partial charge is 0.329 e. The Morgan fingerprint density at radius 2 is 2.08 bits per heavy atom. The molecule has 0 aliphatic carbocycles. The minimum Gasteiger partial charge on any atom is -0.464 e. The number of esters is 1. The number of aromatic nitrogens is 2. The molecule has 1 saturated heterocycles. The van der Waals surface area contributed by atoms with Crippen molar-refractivity contribution >= 4 is 17.7 Å². The Bertz CT molecular complexity index is 728. The van der Waals surface area contributed by atoms with E-state index in [1.54, 1.807) is 23.9 Å². The molecule has 126 valence electrons. The normalized spacial score (nSPS) is 20.4. The fourth-order valence-electron chi connectivity index (χ4n) is 2.78. The highest BCUT2D eigenvalue weighted by atomic mass is 16.5. The predicted molar refractivity (Wildman–Crippen MR) is 86.3 cm³/mol. The van der Waals surface area contributed by atoms with E-state index < -0.39 is 24.0 Å². The van der Waals surface area contributed by atoms with Crippen LogP contribution in [0.2, 0.25) is 0 Å². The number of carbonyl (C=O) groups excluding carboxylic acids is 2. The van der Waals surface area contributed by atoms with Gasteiger partial charge in [0, 0.05) is 18.7 Å². The first-order chi connectivity index (χ1) is 11.6. The highest BCUT2D eigenvalue weighted by molar-refractivity contribution is 6.04. The number of anilines is 1. The molecule has 3 rings (SSSR count). The van der Waals surface area contributed by atoms with E-state index in [0.29, 0.717) is 12.4 Å². The Balaban J connectivity index is 1.81. The molecule has 7 nitrogen and oxygen atoms in total.